The summed E-state index contributed by atoms with van der Waals surface area (Å²) in [6.45, 7) is 6.38. The zero-order valence-corrected chi connectivity index (χ0v) is 38.9. The largest absolute Gasteiger partial charge is 0.480 e. The average molecular weight is 934 g/mol. The first-order valence-corrected chi connectivity index (χ1v) is 24.8. The van der Waals surface area contributed by atoms with E-state index in [0.717, 1.165) is 37.0 Å². The van der Waals surface area contributed by atoms with Gasteiger partial charge in [-0.05, 0) is 114 Å². The van der Waals surface area contributed by atoms with Gasteiger partial charge >= 0.3 is 5.97 Å². The number of thiazole rings is 1. The summed E-state index contributed by atoms with van der Waals surface area (Å²) in [6, 6.07) is 44.2. The number of para-hydroxylation sites is 1. The maximum absolute atomic E-state index is 13.5. The number of hydrogen-bond acceptors (Lipinski definition) is 9. The minimum Gasteiger partial charge on any atom is -0.480 e. The molecular formula is C50H35N3O4S6. The van der Waals surface area contributed by atoms with Crippen molar-refractivity contribution in [1.29, 1.82) is 0 Å². The molecule has 0 unspecified atom stereocenters. The SMILES string of the molecule is CCn1c(=O)/c(=C/c2ccc(-c3ccc(-c4ccc(-c5ccc6c(c5)c5cc7c(cc5n6-c5ccccc5)C(C)(C)c5ccccc5-7)s4)s3)s2)s/c1=C1\SC(=S)N(CC(=O)O)C1=O. The first kappa shape index (κ1) is 40.1. The molecule has 0 radical (unpaired) electrons. The highest BCUT2D eigenvalue weighted by Crippen LogP contribution is 2.51. The molecule has 1 aliphatic heterocycles. The standard InChI is InChI=1S/C50H35N3O4S6/c1-4-51-46(56)43(62-48(51)45-47(57)52(26-44(54)55)49(58)63-45)23-29-15-17-39(59-29)40-20-21-42(61-40)41-19-18-38(60-41)27-14-16-36-32(22-27)33-24-31-30-12-8-9-13-34(30)50(2,3)35(31)25-37(33)53(36)28-10-6-5-7-11-28/h5-25H,4,26H2,1-3H3,(H,54,55)/b43-23-,48-45-. The average Bonchev–Trinajstić information content (AvgIpc) is 4.16. The van der Waals surface area contributed by atoms with Crippen molar-refractivity contribution in [2.24, 2.45) is 0 Å². The highest BCUT2D eigenvalue weighted by atomic mass is 32.2. The monoisotopic (exact) mass is 933 g/mol. The molecule has 1 saturated heterocycles. The van der Waals surface area contributed by atoms with E-state index in [-0.39, 0.29) is 20.2 Å². The van der Waals surface area contributed by atoms with E-state index >= 15 is 0 Å². The third-order valence-corrected chi connectivity index (χ3v) is 18.3. The minimum absolute atomic E-state index is 0.0964. The molecule has 13 heteroatoms. The number of aromatic nitrogens is 2. The van der Waals surface area contributed by atoms with Crippen molar-refractivity contribution in [3.05, 3.63) is 157 Å². The fourth-order valence-electron chi connectivity index (χ4n) is 8.92. The Kier molecular flexibility index (Phi) is 9.72. The smallest absolute Gasteiger partial charge is 0.323 e. The number of fused-ring (bicyclic) bond motifs is 6. The van der Waals surface area contributed by atoms with E-state index < -0.39 is 18.4 Å². The number of thiocarbonyl (C=S) groups is 1. The van der Waals surface area contributed by atoms with E-state index in [1.54, 1.807) is 38.6 Å². The zero-order chi connectivity index (χ0) is 43.3. The minimum atomic E-state index is -1.15. The Bertz CT molecular complexity index is 3600. The molecule has 0 spiro atoms. The lowest BCUT2D eigenvalue weighted by atomic mass is 9.82. The number of carboxylic acids is 1. The second-order valence-corrected chi connectivity index (χ2v) is 21.9. The van der Waals surface area contributed by atoms with Crippen molar-refractivity contribution in [1.82, 2.24) is 14.0 Å². The molecule has 0 atom stereocenters. The van der Waals surface area contributed by atoms with Gasteiger partial charge in [0.05, 0.1) is 15.6 Å². The molecule has 6 heterocycles. The summed E-state index contributed by atoms with van der Waals surface area (Å²) in [5.41, 5.74) is 9.83. The van der Waals surface area contributed by atoms with Gasteiger partial charge in [0.2, 0.25) is 0 Å². The lowest BCUT2D eigenvalue weighted by Gasteiger charge is -2.21. The van der Waals surface area contributed by atoms with Gasteiger partial charge in [-0.15, -0.1) is 45.3 Å². The van der Waals surface area contributed by atoms with Crippen LogP contribution in [-0.4, -0.2) is 41.9 Å². The Hall–Kier alpha value is -5.67. The molecule has 1 amide bonds. The first-order valence-electron chi connectivity index (χ1n) is 20.3. The van der Waals surface area contributed by atoms with Crippen LogP contribution in [0.4, 0.5) is 0 Å². The van der Waals surface area contributed by atoms with Gasteiger partial charge in [-0.1, -0.05) is 86.4 Å². The number of thiophene rings is 3. The Labute approximate surface area is 387 Å². The molecule has 11 rings (SSSR count). The van der Waals surface area contributed by atoms with Crippen LogP contribution in [0.15, 0.2) is 126 Å². The molecule has 0 bridgehead atoms. The number of amides is 1. The van der Waals surface area contributed by atoms with Crippen molar-refractivity contribution in [2.45, 2.75) is 32.7 Å². The fourth-order valence-corrected chi connectivity index (χ4v) is 14.7. The second-order valence-electron chi connectivity index (χ2n) is 16.0. The molecule has 1 aliphatic carbocycles. The van der Waals surface area contributed by atoms with Gasteiger partial charge < -0.3 is 9.67 Å². The number of carbonyl (C=O) groups excluding carboxylic acids is 1. The van der Waals surface area contributed by atoms with Crippen LogP contribution in [0.25, 0.3) is 79.6 Å². The van der Waals surface area contributed by atoms with Crippen LogP contribution in [0.2, 0.25) is 0 Å². The summed E-state index contributed by atoms with van der Waals surface area (Å²) < 4.78 is 5.14. The van der Waals surface area contributed by atoms with Gasteiger partial charge in [0.15, 0.2) is 0 Å². The summed E-state index contributed by atoms with van der Waals surface area (Å²) in [5.74, 6) is -1.64. The summed E-state index contributed by atoms with van der Waals surface area (Å²) in [5, 5.41) is 11.8. The fraction of sp³-hybridized carbons (Fsp3) is 0.120. The van der Waals surface area contributed by atoms with Gasteiger partial charge in [-0.2, -0.15) is 0 Å². The Morgan fingerprint density at radius 3 is 2.13 bits per heavy atom. The molecule has 1 N–H and O–H groups in total. The van der Waals surface area contributed by atoms with Crippen molar-refractivity contribution in [3.63, 3.8) is 0 Å². The Balaban J connectivity index is 0.915. The third kappa shape index (κ3) is 6.55. The third-order valence-electron chi connectivity index (χ3n) is 11.9. The quantitative estimate of drug-likeness (QED) is 0.153. The first-order chi connectivity index (χ1) is 30.5. The Morgan fingerprint density at radius 1 is 0.714 bits per heavy atom. The van der Waals surface area contributed by atoms with Gasteiger partial charge in [-0.25, -0.2) is 0 Å². The van der Waals surface area contributed by atoms with E-state index in [4.69, 9.17) is 12.2 Å². The molecule has 0 saturated carbocycles. The van der Waals surface area contributed by atoms with Crippen molar-refractivity contribution in [3.8, 4) is 46.8 Å². The van der Waals surface area contributed by atoms with E-state index in [2.05, 4.69) is 134 Å². The van der Waals surface area contributed by atoms with Crippen LogP contribution >= 0.6 is 69.3 Å². The number of carboxylic acid groups (broad SMARTS) is 1. The molecule has 63 heavy (non-hydrogen) atoms. The van der Waals surface area contributed by atoms with E-state index in [1.165, 1.54) is 75.6 Å². The highest BCUT2D eigenvalue weighted by Gasteiger charge is 2.37. The molecule has 2 aliphatic rings. The van der Waals surface area contributed by atoms with Crippen LogP contribution in [0.3, 0.4) is 0 Å². The van der Waals surface area contributed by atoms with Gasteiger partial charge in [0, 0.05) is 57.7 Å². The maximum atomic E-state index is 13.5. The second kappa shape index (κ2) is 15.3. The zero-order valence-electron chi connectivity index (χ0n) is 34.0. The van der Waals surface area contributed by atoms with Gasteiger partial charge in [-0.3, -0.25) is 23.9 Å². The number of aliphatic carboxylic acids is 1. The molecule has 5 aromatic heterocycles. The number of thioether (sulfide) groups is 1. The lowest BCUT2D eigenvalue weighted by molar-refractivity contribution is -0.140. The van der Waals surface area contributed by atoms with Gasteiger partial charge in [0.25, 0.3) is 11.5 Å². The number of benzene rings is 4. The topological polar surface area (TPSA) is 84.5 Å². The summed E-state index contributed by atoms with van der Waals surface area (Å²) in [7, 11) is 0. The van der Waals surface area contributed by atoms with Crippen LogP contribution in [0, 0.1) is 0 Å². The number of rotatable bonds is 8. The summed E-state index contributed by atoms with van der Waals surface area (Å²) in [4.78, 5) is 46.2. The van der Waals surface area contributed by atoms with Crippen LogP contribution in [0.1, 0.15) is 36.8 Å². The van der Waals surface area contributed by atoms with E-state index in [1.807, 2.05) is 19.1 Å². The van der Waals surface area contributed by atoms with Crippen molar-refractivity contribution >= 4 is 118 Å². The van der Waals surface area contributed by atoms with E-state index in [0.29, 0.717) is 15.7 Å². The molecule has 7 nitrogen and oxygen atoms in total. The summed E-state index contributed by atoms with van der Waals surface area (Å²) in [6.07, 6.45) is 1.87. The van der Waals surface area contributed by atoms with Crippen LogP contribution in [-0.2, 0) is 21.5 Å². The number of nitrogens with zero attached hydrogens (tertiary/aromatic N) is 3. The van der Waals surface area contributed by atoms with Crippen LogP contribution in [0.5, 0.6) is 0 Å². The van der Waals surface area contributed by atoms with Crippen molar-refractivity contribution < 1.29 is 14.7 Å². The molecular weight excluding hydrogens is 899 g/mol. The number of carbonyl (C=O) groups is 2. The molecule has 1 fully saturated rings. The normalized spacial score (nSPS) is 15.6. The number of hydrogen-bond donors (Lipinski definition) is 1. The predicted octanol–water partition coefficient (Wildman–Crippen LogP) is 11.4. The lowest BCUT2D eigenvalue weighted by Crippen LogP contribution is -2.35. The Morgan fingerprint density at radius 2 is 1.38 bits per heavy atom. The van der Waals surface area contributed by atoms with E-state index in [9.17, 15) is 19.5 Å². The maximum Gasteiger partial charge on any atom is 0.323 e. The van der Waals surface area contributed by atoms with Crippen molar-refractivity contribution in [2.75, 3.05) is 6.54 Å². The van der Waals surface area contributed by atoms with Crippen LogP contribution < -0.4 is 14.8 Å². The highest BCUT2D eigenvalue weighted by molar-refractivity contribution is 8.30. The molecule has 4 aromatic carbocycles. The molecule has 310 valence electrons. The van der Waals surface area contributed by atoms with Gasteiger partial charge in [0.1, 0.15) is 20.4 Å². The summed E-state index contributed by atoms with van der Waals surface area (Å²) >= 11 is 12.7. The predicted molar refractivity (Wildman–Crippen MR) is 268 cm³/mol. The molecule has 9 aromatic rings.